The molecular weight excluding hydrogens is 194 g/mol. The second kappa shape index (κ2) is 3.05. The first-order chi connectivity index (χ1) is 7.70. The van der Waals surface area contributed by atoms with Gasteiger partial charge in [-0.25, -0.2) is 0 Å². The molecule has 0 aliphatic carbocycles. The van der Waals surface area contributed by atoms with Crippen LogP contribution in [0, 0.1) is 17.4 Å². The van der Waals surface area contributed by atoms with Crippen molar-refractivity contribution in [3.63, 3.8) is 0 Å². The quantitative estimate of drug-likeness (QED) is 0.577. The molecule has 0 saturated carbocycles. The van der Waals surface area contributed by atoms with E-state index < -0.39 is 0 Å². The van der Waals surface area contributed by atoms with E-state index in [1.807, 2.05) is 0 Å². The van der Waals surface area contributed by atoms with Crippen molar-refractivity contribution in [1.82, 2.24) is 4.58 Å². The van der Waals surface area contributed by atoms with E-state index in [1.165, 1.54) is 27.0 Å². The molecule has 0 atom stereocenters. The first-order valence-electron chi connectivity index (χ1n) is 5.49. The van der Waals surface area contributed by atoms with Crippen LogP contribution in [0.5, 0.6) is 0 Å². The van der Waals surface area contributed by atoms with Crippen LogP contribution in [0.2, 0.25) is 0 Å². The molecule has 2 aromatic rings. The highest BCUT2D eigenvalue weighted by Crippen LogP contribution is 2.12. The number of benzene rings is 2. The zero-order valence-corrected chi connectivity index (χ0v) is 9.62. The fourth-order valence-corrected chi connectivity index (χ4v) is 2.43. The first-order valence-corrected chi connectivity index (χ1v) is 5.49. The van der Waals surface area contributed by atoms with Gasteiger partial charge in [0.25, 0.3) is 0 Å². The Kier molecular flexibility index (Phi) is 1.78. The minimum atomic E-state index is 1.15. The third kappa shape index (κ3) is 1.03. The van der Waals surface area contributed by atoms with Crippen molar-refractivity contribution in [3.05, 3.63) is 63.0 Å². The van der Waals surface area contributed by atoms with Crippen molar-refractivity contribution in [2.24, 2.45) is 0 Å². The van der Waals surface area contributed by atoms with E-state index in [1.54, 1.807) is 0 Å². The Morgan fingerprint density at radius 2 is 1.81 bits per heavy atom. The molecule has 1 aliphatic heterocycles. The van der Waals surface area contributed by atoms with Crippen LogP contribution in [0.25, 0.3) is 6.58 Å². The van der Waals surface area contributed by atoms with E-state index in [2.05, 4.69) is 61.5 Å². The molecule has 0 spiro atoms. The average molecular weight is 208 g/mol. The zero-order valence-electron chi connectivity index (χ0n) is 9.62. The van der Waals surface area contributed by atoms with Gasteiger partial charge in [0.1, 0.15) is 7.05 Å². The standard InChI is InChI=1S/C15H14N/c1-10-8-9-14-15(11(10)2)12-6-4-5-7-13(12)16(14)3/h4-9H,2H2,1,3H3/q+1. The fraction of sp³-hybridized carbons (Fsp3) is 0.133. The average Bonchev–Trinajstić information content (AvgIpc) is 2.59. The van der Waals surface area contributed by atoms with Gasteiger partial charge in [-0.3, -0.25) is 0 Å². The van der Waals surface area contributed by atoms with E-state index in [-0.39, 0.29) is 0 Å². The lowest BCUT2D eigenvalue weighted by Crippen LogP contribution is -2.18. The monoisotopic (exact) mass is 208 g/mol. The Morgan fingerprint density at radius 3 is 2.62 bits per heavy atom. The Morgan fingerprint density at radius 1 is 1.06 bits per heavy atom. The first kappa shape index (κ1) is 9.34. The van der Waals surface area contributed by atoms with Gasteiger partial charge in [-0.2, -0.15) is 4.58 Å². The molecule has 0 bridgehead atoms. The summed E-state index contributed by atoms with van der Waals surface area (Å²) in [7, 11) is 2.11. The lowest BCUT2D eigenvalue weighted by atomic mass is 10.1. The van der Waals surface area contributed by atoms with Crippen LogP contribution in [0.4, 0.5) is 5.69 Å². The number of fused-ring (bicyclic) bond motifs is 2. The summed E-state index contributed by atoms with van der Waals surface area (Å²) in [5.41, 5.74) is 2.51. The topological polar surface area (TPSA) is 3.01 Å². The molecule has 0 radical (unpaired) electrons. The summed E-state index contributed by atoms with van der Waals surface area (Å²) in [6, 6.07) is 12.8. The van der Waals surface area contributed by atoms with E-state index in [0.29, 0.717) is 0 Å². The van der Waals surface area contributed by atoms with Crippen molar-refractivity contribution in [3.8, 4) is 0 Å². The second-order valence-electron chi connectivity index (χ2n) is 4.33. The molecule has 0 fully saturated rings. The fourth-order valence-electron chi connectivity index (χ4n) is 2.43. The lowest BCUT2D eigenvalue weighted by Gasteiger charge is -1.95. The summed E-state index contributed by atoms with van der Waals surface area (Å²) >= 11 is 0. The lowest BCUT2D eigenvalue weighted by molar-refractivity contribution is 0.906. The molecule has 0 amide bonds. The normalized spacial score (nSPS) is 12.5. The molecule has 0 unspecified atom stereocenters. The van der Waals surface area contributed by atoms with Gasteiger partial charge in [-0.15, -0.1) is 0 Å². The number of nitrogens with zero attached hydrogens (tertiary/aromatic N) is 1. The van der Waals surface area contributed by atoms with Crippen LogP contribution >= 0.6 is 0 Å². The van der Waals surface area contributed by atoms with Gasteiger partial charge in [-0.05, 0) is 23.8 Å². The van der Waals surface area contributed by atoms with E-state index in [0.717, 1.165) is 5.22 Å². The Hall–Kier alpha value is -1.89. The van der Waals surface area contributed by atoms with Crippen LogP contribution in [0.1, 0.15) is 5.56 Å². The third-order valence-electron chi connectivity index (χ3n) is 3.42. The van der Waals surface area contributed by atoms with Crippen molar-refractivity contribution >= 4 is 12.3 Å². The van der Waals surface area contributed by atoms with Crippen LogP contribution in [0.15, 0.2) is 36.4 Å². The maximum absolute atomic E-state index is 4.20. The smallest absolute Gasteiger partial charge is 0.194 e. The summed E-state index contributed by atoms with van der Waals surface area (Å²) in [6.07, 6.45) is 0. The Balaban J connectivity index is 2.77. The van der Waals surface area contributed by atoms with Gasteiger partial charge in [0, 0.05) is 12.1 Å². The van der Waals surface area contributed by atoms with E-state index >= 15 is 0 Å². The molecule has 0 saturated heterocycles. The van der Waals surface area contributed by atoms with Crippen LogP contribution in [0.3, 0.4) is 0 Å². The molecule has 0 aromatic heterocycles. The minimum absolute atomic E-state index is 1.15. The number of rotatable bonds is 0. The van der Waals surface area contributed by atoms with E-state index in [4.69, 9.17) is 0 Å². The zero-order chi connectivity index (χ0) is 11.3. The van der Waals surface area contributed by atoms with E-state index in [9.17, 15) is 0 Å². The largest absolute Gasteiger partial charge is 0.214 e. The van der Waals surface area contributed by atoms with Gasteiger partial charge in [0.15, 0.2) is 0 Å². The van der Waals surface area contributed by atoms with Crippen molar-refractivity contribution in [2.75, 3.05) is 7.05 Å². The molecule has 0 N–H and O–H groups in total. The van der Waals surface area contributed by atoms with Crippen LogP contribution in [-0.4, -0.2) is 7.05 Å². The number of hydrogen-bond donors (Lipinski definition) is 0. The molecule has 16 heavy (non-hydrogen) atoms. The predicted molar refractivity (Wildman–Crippen MR) is 66.9 cm³/mol. The molecule has 1 heterocycles. The Bertz CT molecular complexity index is 785. The highest BCUT2D eigenvalue weighted by molar-refractivity contribution is 5.47. The van der Waals surface area contributed by atoms with Gasteiger partial charge in [-0.1, -0.05) is 24.8 Å². The number of hydrogen-bond acceptors (Lipinski definition) is 0. The predicted octanol–water partition coefficient (Wildman–Crippen LogP) is 1.46. The molecule has 1 aliphatic rings. The van der Waals surface area contributed by atoms with Crippen molar-refractivity contribution < 1.29 is 0 Å². The highest BCUT2D eigenvalue weighted by Gasteiger charge is 2.16. The maximum atomic E-state index is 4.20. The third-order valence-corrected chi connectivity index (χ3v) is 3.42. The SMILES string of the molecule is C=c1c(C)ccc2c1=c1ccccc1=[N+]2C. The van der Waals surface area contributed by atoms with Gasteiger partial charge in [0.05, 0.1) is 10.4 Å². The van der Waals surface area contributed by atoms with Gasteiger partial charge < -0.3 is 0 Å². The minimum Gasteiger partial charge on any atom is -0.194 e. The second-order valence-corrected chi connectivity index (χ2v) is 4.33. The summed E-state index contributed by atoms with van der Waals surface area (Å²) in [5, 5.41) is 5.01. The molecule has 1 heteroatoms. The van der Waals surface area contributed by atoms with Gasteiger partial charge >= 0.3 is 0 Å². The maximum Gasteiger partial charge on any atom is 0.214 e. The van der Waals surface area contributed by atoms with Crippen molar-refractivity contribution in [1.29, 1.82) is 0 Å². The molecule has 3 rings (SSSR count). The van der Waals surface area contributed by atoms with Crippen molar-refractivity contribution in [2.45, 2.75) is 6.92 Å². The summed E-state index contributed by atoms with van der Waals surface area (Å²) in [4.78, 5) is 0. The molecule has 2 aromatic carbocycles. The summed E-state index contributed by atoms with van der Waals surface area (Å²) in [6.45, 7) is 6.31. The van der Waals surface area contributed by atoms with Crippen LogP contribution in [-0.2, 0) is 0 Å². The molecule has 78 valence electrons. The summed E-state index contributed by atoms with van der Waals surface area (Å²) in [5.74, 6) is 0. The number of aryl methyl sites for hydroxylation is 1. The van der Waals surface area contributed by atoms with Crippen LogP contribution < -0.4 is 15.2 Å². The number of para-hydroxylation sites is 1. The summed E-state index contributed by atoms with van der Waals surface area (Å²) < 4.78 is 2.23. The Labute approximate surface area is 94.3 Å². The molecular formula is C15H14N+. The highest BCUT2D eigenvalue weighted by atomic mass is 15.0. The molecule has 1 nitrogen and oxygen atoms in total. The van der Waals surface area contributed by atoms with Gasteiger partial charge in [0.2, 0.25) is 11.0 Å².